The lowest BCUT2D eigenvalue weighted by molar-refractivity contribution is 0.0827. The molecule has 0 aromatic heterocycles. The van der Waals surface area contributed by atoms with Gasteiger partial charge in [-0.15, -0.1) is 0 Å². The number of rotatable bonds is 7. The first-order chi connectivity index (χ1) is 12.9. The number of thiocarbonyl (C=S) groups is 1. The van der Waals surface area contributed by atoms with E-state index in [2.05, 4.69) is 10.6 Å². The molecule has 1 amide bonds. The van der Waals surface area contributed by atoms with Gasteiger partial charge in [0.1, 0.15) is 6.61 Å². The number of hydrogen-bond donors (Lipinski definition) is 2. The summed E-state index contributed by atoms with van der Waals surface area (Å²) in [5.41, 5.74) is 1.43. The second-order valence-corrected chi connectivity index (χ2v) is 6.65. The maximum absolute atomic E-state index is 11.9. The third kappa shape index (κ3) is 6.14. The van der Waals surface area contributed by atoms with Crippen molar-refractivity contribution in [1.82, 2.24) is 10.2 Å². The van der Waals surface area contributed by atoms with Gasteiger partial charge in [0.15, 0.2) is 16.6 Å². The first kappa shape index (κ1) is 20.5. The maximum Gasteiger partial charge on any atom is 0.253 e. The number of carbonyl (C=O) groups excluding carboxylic acids is 1. The molecular formula is C20H25N3O3S. The van der Waals surface area contributed by atoms with Crippen LogP contribution in [0.2, 0.25) is 0 Å². The van der Waals surface area contributed by atoms with Crippen molar-refractivity contribution >= 4 is 28.9 Å². The third-order valence-corrected chi connectivity index (χ3v) is 3.95. The van der Waals surface area contributed by atoms with Crippen molar-refractivity contribution < 1.29 is 14.3 Å². The third-order valence-electron chi connectivity index (χ3n) is 3.73. The van der Waals surface area contributed by atoms with E-state index >= 15 is 0 Å². The minimum absolute atomic E-state index is 0.00972. The van der Waals surface area contributed by atoms with Crippen LogP contribution in [0.5, 0.6) is 11.5 Å². The van der Waals surface area contributed by atoms with E-state index in [-0.39, 0.29) is 11.9 Å². The minimum Gasteiger partial charge on any atom is -0.493 e. The Hall–Kier alpha value is -2.80. The van der Waals surface area contributed by atoms with Gasteiger partial charge in [-0.1, -0.05) is 12.1 Å². The summed E-state index contributed by atoms with van der Waals surface area (Å²) in [6.07, 6.45) is 0. The Bertz CT molecular complexity index is 778. The largest absolute Gasteiger partial charge is 0.493 e. The van der Waals surface area contributed by atoms with Crippen molar-refractivity contribution in [1.29, 1.82) is 0 Å². The molecule has 1 atom stereocenters. The molecule has 144 valence electrons. The molecule has 0 aliphatic carbocycles. The monoisotopic (exact) mass is 387 g/mol. The molecule has 0 saturated carbocycles. The standard InChI is InChI=1S/C20H25N3O3S/c1-14(13-26-18-8-6-5-7-17(18)25-4)21-20(27)22-16-11-9-15(10-12-16)19(24)23(2)3/h5-12,14H,13H2,1-4H3,(H2,21,22,27)/t14-/m0/s1. The maximum atomic E-state index is 11.9. The van der Waals surface area contributed by atoms with Crippen LogP contribution < -0.4 is 20.1 Å². The van der Waals surface area contributed by atoms with Crippen molar-refractivity contribution in [3.8, 4) is 11.5 Å². The number of anilines is 1. The van der Waals surface area contributed by atoms with Crippen LogP contribution >= 0.6 is 12.2 Å². The molecule has 6 nitrogen and oxygen atoms in total. The highest BCUT2D eigenvalue weighted by molar-refractivity contribution is 7.80. The number of methoxy groups -OCH3 is 1. The molecule has 0 saturated heterocycles. The van der Waals surface area contributed by atoms with Crippen molar-refractivity contribution in [3.63, 3.8) is 0 Å². The van der Waals surface area contributed by atoms with Gasteiger partial charge >= 0.3 is 0 Å². The number of carbonyl (C=O) groups is 1. The van der Waals surface area contributed by atoms with E-state index in [1.165, 1.54) is 4.90 Å². The van der Waals surface area contributed by atoms with Crippen molar-refractivity contribution in [2.24, 2.45) is 0 Å². The van der Waals surface area contributed by atoms with E-state index in [0.717, 1.165) is 5.69 Å². The van der Waals surface area contributed by atoms with E-state index in [1.54, 1.807) is 33.3 Å². The summed E-state index contributed by atoms with van der Waals surface area (Å²) in [4.78, 5) is 13.4. The summed E-state index contributed by atoms with van der Waals surface area (Å²) in [5.74, 6) is 1.34. The van der Waals surface area contributed by atoms with Gasteiger partial charge in [-0.25, -0.2) is 0 Å². The number of hydrogen-bond acceptors (Lipinski definition) is 4. The molecule has 2 aromatic rings. The zero-order valence-corrected chi connectivity index (χ0v) is 16.8. The number of para-hydroxylation sites is 2. The molecule has 27 heavy (non-hydrogen) atoms. The molecular weight excluding hydrogens is 362 g/mol. The van der Waals surface area contributed by atoms with Crippen LogP contribution in [-0.4, -0.2) is 49.8 Å². The van der Waals surface area contributed by atoms with Crippen LogP contribution in [0, 0.1) is 0 Å². The van der Waals surface area contributed by atoms with Gasteiger partial charge in [0.2, 0.25) is 0 Å². The molecule has 0 heterocycles. The lowest BCUT2D eigenvalue weighted by Gasteiger charge is -2.18. The summed E-state index contributed by atoms with van der Waals surface area (Å²) < 4.78 is 11.1. The molecule has 0 unspecified atom stereocenters. The molecule has 0 spiro atoms. The van der Waals surface area contributed by atoms with Crippen LogP contribution in [0.1, 0.15) is 17.3 Å². The second kappa shape index (κ2) is 9.78. The average Bonchev–Trinajstić information content (AvgIpc) is 2.66. The highest BCUT2D eigenvalue weighted by atomic mass is 32.1. The summed E-state index contributed by atoms with van der Waals surface area (Å²) in [6, 6.07) is 14.7. The smallest absolute Gasteiger partial charge is 0.253 e. The zero-order valence-electron chi connectivity index (χ0n) is 16.0. The SMILES string of the molecule is COc1ccccc1OC[C@H](C)NC(=S)Nc1ccc(C(=O)N(C)C)cc1. The minimum atomic E-state index is -0.0376. The zero-order chi connectivity index (χ0) is 19.8. The lowest BCUT2D eigenvalue weighted by atomic mass is 10.2. The van der Waals surface area contributed by atoms with Gasteiger partial charge in [-0.2, -0.15) is 0 Å². The van der Waals surface area contributed by atoms with Crippen LogP contribution in [0.15, 0.2) is 48.5 Å². The Morgan fingerprint density at radius 3 is 2.33 bits per heavy atom. The van der Waals surface area contributed by atoms with Crippen LogP contribution in [0.4, 0.5) is 5.69 Å². The van der Waals surface area contributed by atoms with Crippen molar-refractivity contribution in [3.05, 3.63) is 54.1 Å². The van der Waals surface area contributed by atoms with E-state index in [4.69, 9.17) is 21.7 Å². The Kier molecular flexibility index (Phi) is 7.43. The molecule has 0 bridgehead atoms. The molecule has 0 radical (unpaired) electrons. The number of nitrogens with zero attached hydrogens (tertiary/aromatic N) is 1. The lowest BCUT2D eigenvalue weighted by Crippen LogP contribution is -2.39. The van der Waals surface area contributed by atoms with E-state index in [9.17, 15) is 4.79 Å². The Morgan fingerprint density at radius 1 is 1.11 bits per heavy atom. The fourth-order valence-electron chi connectivity index (χ4n) is 2.34. The number of benzene rings is 2. The van der Waals surface area contributed by atoms with E-state index in [1.807, 2.05) is 43.3 Å². The van der Waals surface area contributed by atoms with Gasteiger partial charge in [0.25, 0.3) is 5.91 Å². The topological polar surface area (TPSA) is 62.8 Å². The van der Waals surface area contributed by atoms with E-state index in [0.29, 0.717) is 28.8 Å². The first-order valence-electron chi connectivity index (χ1n) is 8.55. The molecule has 0 fully saturated rings. The normalized spacial score (nSPS) is 11.3. The Balaban J connectivity index is 1.83. The molecule has 0 aliphatic rings. The molecule has 7 heteroatoms. The van der Waals surface area contributed by atoms with Gasteiger partial charge in [-0.05, 0) is 55.5 Å². The van der Waals surface area contributed by atoms with Gasteiger partial charge < -0.3 is 25.0 Å². The quantitative estimate of drug-likeness (QED) is 0.712. The van der Waals surface area contributed by atoms with Crippen molar-refractivity contribution in [2.75, 3.05) is 33.1 Å². The summed E-state index contributed by atoms with van der Waals surface area (Å²) in [6.45, 7) is 2.40. The Labute approximate surface area is 165 Å². The highest BCUT2D eigenvalue weighted by Gasteiger charge is 2.10. The molecule has 0 aliphatic heterocycles. The summed E-state index contributed by atoms with van der Waals surface area (Å²) in [7, 11) is 5.06. The first-order valence-corrected chi connectivity index (χ1v) is 8.96. The average molecular weight is 388 g/mol. The van der Waals surface area contributed by atoms with Gasteiger partial charge in [-0.3, -0.25) is 4.79 Å². The molecule has 2 rings (SSSR count). The summed E-state index contributed by atoms with van der Waals surface area (Å²) >= 11 is 5.34. The number of amides is 1. The molecule has 2 N–H and O–H groups in total. The van der Waals surface area contributed by atoms with Crippen LogP contribution in [-0.2, 0) is 0 Å². The number of nitrogens with one attached hydrogen (secondary N) is 2. The second-order valence-electron chi connectivity index (χ2n) is 6.24. The highest BCUT2D eigenvalue weighted by Crippen LogP contribution is 2.25. The predicted molar refractivity (Wildman–Crippen MR) is 112 cm³/mol. The number of ether oxygens (including phenoxy) is 2. The molecule has 2 aromatic carbocycles. The predicted octanol–water partition coefficient (Wildman–Crippen LogP) is 3.15. The van der Waals surface area contributed by atoms with Crippen LogP contribution in [0.3, 0.4) is 0 Å². The van der Waals surface area contributed by atoms with Crippen LogP contribution in [0.25, 0.3) is 0 Å². The fourth-order valence-corrected chi connectivity index (χ4v) is 2.66. The van der Waals surface area contributed by atoms with Crippen molar-refractivity contribution in [2.45, 2.75) is 13.0 Å². The van der Waals surface area contributed by atoms with Gasteiger partial charge in [0, 0.05) is 25.3 Å². The Morgan fingerprint density at radius 2 is 1.74 bits per heavy atom. The fraction of sp³-hybridized carbons (Fsp3) is 0.300. The summed E-state index contributed by atoms with van der Waals surface area (Å²) in [5, 5.41) is 6.76. The van der Waals surface area contributed by atoms with Gasteiger partial charge in [0.05, 0.1) is 13.2 Å². The van der Waals surface area contributed by atoms with E-state index < -0.39 is 0 Å².